The van der Waals surface area contributed by atoms with Crippen molar-refractivity contribution in [3.05, 3.63) is 35.9 Å². The number of carboxylic acid groups (broad SMARTS) is 1. The van der Waals surface area contributed by atoms with Crippen LogP contribution in [0.5, 0.6) is 0 Å². The van der Waals surface area contributed by atoms with Gasteiger partial charge in [-0.2, -0.15) is 0 Å². The number of hydrogen-bond donors (Lipinski definition) is 1. The van der Waals surface area contributed by atoms with E-state index in [-0.39, 0.29) is 6.04 Å². The van der Waals surface area contributed by atoms with Crippen molar-refractivity contribution in [2.24, 2.45) is 0 Å². The van der Waals surface area contributed by atoms with Gasteiger partial charge in [-0.3, -0.25) is 9.69 Å². The Morgan fingerprint density at radius 1 is 1.25 bits per heavy atom. The van der Waals surface area contributed by atoms with Crippen molar-refractivity contribution in [3.63, 3.8) is 0 Å². The van der Waals surface area contributed by atoms with Gasteiger partial charge in [0.25, 0.3) is 0 Å². The number of carbonyl (C=O) groups is 1. The third-order valence-corrected chi connectivity index (χ3v) is 3.65. The Balaban J connectivity index is 3.07. The fourth-order valence-corrected chi connectivity index (χ4v) is 2.59. The third-order valence-electron chi connectivity index (χ3n) is 3.65. The highest BCUT2D eigenvalue weighted by atomic mass is 16.5. The van der Waals surface area contributed by atoms with E-state index >= 15 is 0 Å². The number of benzene rings is 1. The lowest BCUT2D eigenvalue weighted by Crippen LogP contribution is -2.43. The molecule has 0 amide bonds. The third kappa shape index (κ3) is 4.32. The average molecular weight is 279 g/mol. The van der Waals surface area contributed by atoms with Crippen molar-refractivity contribution < 1.29 is 14.6 Å². The normalized spacial score (nSPS) is 12.8. The molecule has 1 unspecified atom stereocenters. The van der Waals surface area contributed by atoms with Gasteiger partial charge in [0.15, 0.2) is 0 Å². The number of methoxy groups -OCH3 is 1. The minimum atomic E-state index is -0.806. The van der Waals surface area contributed by atoms with E-state index in [0.717, 1.165) is 18.4 Å². The summed E-state index contributed by atoms with van der Waals surface area (Å²) < 4.78 is 5.14. The van der Waals surface area contributed by atoms with Crippen molar-refractivity contribution >= 4 is 5.97 Å². The number of carboxylic acids is 1. The summed E-state index contributed by atoms with van der Waals surface area (Å²) in [6.45, 7) is 5.34. The summed E-state index contributed by atoms with van der Waals surface area (Å²) in [4.78, 5) is 13.8. The first-order valence-corrected chi connectivity index (χ1v) is 7.18. The summed E-state index contributed by atoms with van der Waals surface area (Å²) in [7, 11) is 1.64. The zero-order valence-electron chi connectivity index (χ0n) is 12.6. The minimum absolute atomic E-state index is 0.242. The minimum Gasteiger partial charge on any atom is -0.480 e. The highest BCUT2D eigenvalue weighted by Crippen LogP contribution is 2.25. The molecule has 4 nitrogen and oxygen atoms in total. The summed E-state index contributed by atoms with van der Waals surface area (Å²) in [6, 6.07) is 9.04. The van der Waals surface area contributed by atoms with Crippen LogP contribution in [0.4, 0.5) is 0 Å². The van der Waals surface area contributed by atoms with Crippen LogP contribution >= 0.6 is 0 Å². The second-order valence-corrected chi connectivity index (χ2v) is 4.85. The average Bonchev–Trinajstić information content (AvgIpc) is 2.46. The number of rotatable bonds is 9. The Morgan fingerprint density at radius 2 is 1.85 bits per heavy atom. The fourth-order valence-electron chi connectivity index (χ4n) is 2.59. The molecule has 0 heterocycles. The molecule has 0 aliphatic rings. The second kappa shape index (κ2) is 8.72. The van der Waals surface area contributed by atoms with E-state index in [2.05, 4.69) is 13.8 Å². The van der Waals surface area contributed by atoms with Crippen LogP contribution in [0.1, 0.15) is 38.3 Å². The molecule has 0 aliphatic carbocycles. The Morgan fingerprint density at radius 3 is 2.30 bits per heavy atom. The van der Waals surface area contributed by atoms with Crippen LogP contribution in [0.2, 0.25) is 0 Å². The van der Waals surface area contributed by atoms with Crippen LogP contribution in [0, 0.1) is 0 Å². The van der Waals surface area contributed by atoms with Crippen molar-refractivity contribution in [2.75, 3.05) is 20.3 Å². The second-order valence-electron chi connectivity index (χ2n) is 4.85. The van der Waals surface area contributed by atoms with E-state index < -0.39 is 12.0 Å². The van der Waals surface area contributed by atoms with Gasteiger partial charge in [0.05, 0.1) is 6.61 Å². The SMILES string of the molecule is CCC(CC)N(CCOC)C(C(=O)O)c1ccccc1. The molecule has 0 radical (unpaired) electrons. The van der Waals surface area contributed by atoms with E-state index in [1.807, 2.05) is 35.2 Å². The van der Waals surface area contributed by atoms with Gasteiger partial charge in [-0.1, -0.05) is 44.2 Å². The number of hydrogen-bond acceptors (Lipinski definition) is 3. The largest absolute Gasteiger partial charge is 0.480 e. The molecule has 1 aromatic rings. The van der Waals surface area contributed by atoms with Crippen LogP contribution < -0.4 is 0 Å². The molecule has 0 saturated heterocycles. The Kier molecular flexibility index (Phi) is 7.26. The molecule has 1 N–H and O–H groups in total. The molecule has 112 valence electrons. The van der Waals surface area contributed by atoms with Gasteiger partial charge in [0.1, 0.15) is 6.04 Å². The van der Waals surface area contributed by atoms with Gasteiger partial charge < -0.3 is 9.84 Å². The predicted octanol–water partition coefficient (Wildman–Crippen LogP) is 2.95. The molecule has 20 heavy (non-hydrogen) atoms. The molecule has 1 atom stereocenters. The molecule has 0 fully saturated rings. The first-order valence-electron chi connectivity index (χ1n) is 7.18. The standard InChI is InChI=1S/C16H25NO3/c1-4-14(5-2)17(11-12-20-3)15(16(18)19)13-9-7-6-8-10-13/h6-10,14-15H,4-5,11-12H2,1-3H3,(H,18,19). The zero-order chi connectivity index (χ0) is 15.0. The summed E-state index contributed by atoms with van der Waals surface area (Å²) >= 11 is 0. The van der Waals surface area contributed by atoms with Gasteiger partial charge in [0.2, 0.25) is 0 Å². The van der Waals surface area contributed by atoms with Crippen LogP contribution in [0.3, 0.4) is 0 Å². The lowest BCUT2D eigenvalue weighted by atomic mass is 10.0. The van der Waals surface area contributed by atoms with E-state index in [1.165, 1.54) is 0 Å². The summed E-state index contributed by atoms with van der Waals surface area (Å²) in [6.07, 6.45) is 1.85. The zero-order valence-corrected chi connectivity index (χ0v) is 12.6. The molecule has 4 heteroatoms. The highest BCUT2D eigenvalue weighted by Gasteiger charge is 2.30. The van der Waals surface area contributed by atoms with Gasteiger partial charge in [-0.25, -0.2) is 0 Å². The molecule has 0 spiro atoms. The maximum Gasteiger partial charge on any atom is 0.325 e. The molecule has 1 aromatic carbocycles. The number of aliphatic carboxylic acids is 1. The summed E-state index contributed by atoms with van der Waals surface area (Å²) in [5, 5.41) is 9.65. The quantitative estimate of drug-likeness (QED) is 0.755. The molecule has 1 rings (SSSR count). The maximum absolute atomic E-state index is 11.8. The van der Waals surface area contributed by atoms with E-state index in [0.29, 0.717) is 13.2 Å². The van der Waals surface area contributed by atoms with Crippen LogP contribution in [-0.4, -0.2) is 42.3 Å². The Labute approximate surface area is 121 Å². The highest BCUT2D eigenvalue weighted by molar-refractivity contribution is 5.75. The van der Waals surface area contributed by atoms with Gasteiger partial charge >= 0.3 is 5.97 Å². The Hall–Kier alpha value is -1.39. The van der Waals surface area contributed by atoms with E-state index in [4.69, 9.17) is 4.74 Å². The van der Waals surface area contributed by atoms with Gasteiger partial charge in [0, 0.05) is 19.7 Å². The van der Waals surface area contributed by atoms with Crippen LogP contribution in [-0.2, 0) is 9.53 Å². The van der Waals surface area contributed by atoms with Crippen molar-refractivity contribution in [3.8, 4) is 0 Å². The first kappa shape index (κ1) is 16.7. The Bertz CT molecular complexity index is 390. The predicted molar refractivity (Wildman–Crippen MR) is 79.8 cm³/mol. The van der Waals surface area contributed by atoms with Crippen LogP contribution in [0.15, 0.2) is 30.3 Å². The monoisotopic (exact) mass is 279 g/mol. The lowest BCUT2D eigenvalue weighted by Gasteiger charge is -2.35. The fraction of sp³-hybridized carbons (Fsp3) is 0.562. The molecule has 0 bridgehead atoms. The molecule has 0 saturated carbocycles. The molecular weight excluding hydrogens is 254 g/mol. The van der Waals surface area contributed by atoms with E-state index in [9.17, 15) is 9.90 Å². The summed E-state index contributed by atoms with van der Waals surface area (Å²) in [5.74, 6) is -0.806. The van der Waals surface area contributed by atoms with Crippen molar-refractivity contribution in [1.29, 1.82) is 0 Å². The maximum atomic E-state index is 11.8. The lowest BCUT2D eigenvalue weighted by molar-refractivity contribution is -0.145. The topological polar surface area (TPSA) is 49.8 Å². The molecular formula is C16H25NO3. The van der Waals surface area contributed by atoms with Crippen LogP contribution in [0.25, 0.3) is 0 Å². The number of ether oxygens (including phenoxy) is 1. The smallest absolute Gasteiger partial charge is 0.325 e. The number of nitrogens with zero attached hydrogens (tertiary/aromatic N) is 1. The van der Waals surface area contributed by atoms with E-state index in [1.54, 1.807) is 7.11 Å². The molecule has 0 aliphatic heterocycles. The first-order chi connectivity index (χ1) is 9.65. The van der Waals surface area contributed by atoms with Crippen molar-refractivity contribution in [2.45, 2.75) is 38.8 Å². The molecule has 0 aromatic heterocycles. The van der Waals surface area contributed by atoms with Crippen molar-refractivity contribution in [1.82, 2.24) is 4.90 Å². The van der Waals surface area contributed by atoms with Gasteiger partial charge in [-0.15, -0.1) is 0 Å². The van der Waals surface area contributed by atoms with Gasteiger partial charge in [-0.05, 0) is 18.4 Å². The summed E-state index contributed by atoms with van der Waals surface area (Å²) in [5.41, 5.74) is 0.822.